The van der Waals surface area contributed by atoms with E-state index in [1.807, 2.05) is 21.1 Å². The first-order valence-electron chi connectivity index (χ1n) is 33.9. The first-order valence-corrected chi connectivity index (χ1v) is 35.4. The number of hydrogen-bond acceptors (Lipinski definition) is 7. The lowest BCUT2D eigenvalue weighted by atomic mass is 10.0. The van der Waals surface area contributed by atoms with Crippen LogP contribution in [0.15, 0.2) is 134 Å². The summed E-state index contributed by atoms with van der Waals surface area (Å²) in [5.41, 5.74) is 0. The van der Waals surface area contributed by atoms with E-state index < -0.39 is 26.5 Å². The third-order valence-electron chi connectivity index (χ3n) is 14.2. The summed E-state index contributed by atoms with van der Waals surface area (Å²) >= 11 is 0. The third kappa shape index (κ3) is 67.3. The molecule has 0 bridgehead atoms. The lowest BCUT2D eigenvalue weighted by Crippen LogP contribution is -2.37. The van der Waals surface area contributed by atoms with Crippen LogP contribution in [-0.2, 0) is 32.7 Å². The number of carbonyl (C=O) groups excluding carboxylic acids is 2. The molecule has 0 aliphatic rings. The number of rotatable bonds is 61. The molecule has 480 valence electrons. The maximum Gasteiger partial charge on any atom is 0.472 e. The van der Waals surface area contributed by atoms with Crippen molar-refractivity contribution in [2.45, 2.75) is 277 Å². The maximum atomic E-state index is 12.9. The molecule has 2 unspecified atom stereocenters. The fourth-order valence-electron chi connectivity index (χ4n) is 9.02. The molecule has 9 nitrogen and oxygen atoms in total. The van der Waals surface area contributed by atoms with Crippen molar-refractivity contribution in [3.8, 4) is 0 Å². The number of phosphoric ester groups is 1. The van der Waals surface area contributed by atoms with Gasteiger partial charge in [0.2, 0.25) is 0 Å². The number of phosphoric acid groups is 1. The summed E-state index contributed by atoms with van der Waals surface area (Å²) in [4.78, 5) is 35.8. The van der Waals surface area contributed by atoms with Crippen LogP contribution in [0.5, 0.6) is 0 Å². The minimum absolute atomic E-state index is 0.0248. The molecule has 0 saturated heterocycles. The van der Waals surface area contributed by atoms with Gasteiger partial charge in [0.25, 0.3) is 0 Å². The Morgan fingerprint density at radius 2 is 0.679 bits per heavy atom. The molecule has 0 aromatic carbocycles. The molecule has 0 aromatic rings. The van der Waals surface area contributed by atoms with E-state index in [4.69, 9.17) is 18.5 Å². The predicted molar refractivity (Wildman–Crippen MR) is 362 cm³/mol. The highest BCUT2D eigenvalue weighted by Crippen LogP contribution is 2.43. The Labute approximate surface area is 517 Å². The van der Waals surface area contributed by atoms with Crippen LogP contribution in [0.25, 0.3) is 0 Å². The number of likely N-dealkylation sites (N-methyl/N-ethyl adjacent to an activating group) is 1. The average molecular weight is 1190 g/mol. The molecule has 1 N–H and O–H groups in total. The Morgan fingerprint density at radius 3 is 1.01 bits per heavy atom. The largest absolute Gasteiger partial charge is 0.472 e. The summed E-state index contributed by atoms with van der Waals surface area (Å²) in [6.07, 6.45) is 92.6. The Balaban J connectivity index is 4.12. The van der Waals surface area contributed by atoms with Gasteiger partial charge in [0.1, 0.15) is 19.8 Å². The van der Waals surface area contributed by atoms with E-state index in [9.17, 15) is 19.0 Å². The summed E-state index contributed by atoms with van der Waals surface area (Å²) in [7, 11) is 1.46. The predicted octanol–water partition coefficient (Wildman–Crippen LogP) is 22.0. The Hall–Kier alpha value is -3.85. The van der Waals surface area contributed by atoms with Crippen molar-refractivity contribution in [3.05, 3.63) is 134 Å². The van der Waals surface area contributed by atoms with E-state index in [1.54, 1.807) is 0 Å². The second-order valence-corrected chi connectivity index (χ2v) is 24.9. The quantitative estimate of drug-likeness (QED) is 0.0211. The van der Waals surface area contributed by atoms with Crippen LogP contribution in [0.4, 0.5) is 0 Å². The van der Waals surface area contributed by atoms with Gasteiger partial charge in [-0.25, -0.2) is 4.57 Å². The van der Waals surface area contributed by atoms with Crippen molar-refractivity contribution >= 4 is 19.8 Å². The molecule has 0 aliphatic carbocycles. The number of allylic oxidation sites excluding steroid dienone is 22. The van der Waals surface area contributed by atoms with Gasteiger partial charge < -0.3 is 18.9 Å². The molecular weight excluding hydrogens is 1060 g/mol. The smallest absolute Gasteiger partial charge is 0.462 e. The van der Waals surface area contributed by atoms with Crippen LogP contribution in [0.3, 0.4) is 0 Å². The Bertz CT molecular complexity index is 1880. The van der Waals surface area contributed by atoms with Crippen LogP contribution in [-0.4, -0.2) is 74.9 Å². The minimum Gasteiger partial charge on any atom is -0.462 e. The molecule has 0 aliphatic heterocycles. The number of nitrogens with zero attached hydrogens (tertiary/aromatic N) is 1. The maximum absolute atomic E-state index is 12.9. The molecule has 0 spiro atoms. The molecule has 0 rings (SSSR count). The van der Waals surface area contributed by atoms with Crippen molar-refractivity contribution in [3.63, 3.8) is 0 Å². The number of carbonyl (C=O) groups is 2. The third-order valence-corrected chi connectivity index (χ3v) is 15.2. The zero-order valence-electron chi connectivity index (χ0n) is 54.6. The van der Waals surface area contributed by atoms with E-state index in [1.165, 1.54) is 122 Å². The van der Waals surface area contributed by atoms with Crippen molar-refractivity contribution in [2.75, 3.05) is 47.5 Å². The second-order valence-electron chi connectivity index (χ2n) is 23.5. The Morgan fingerprint density at radius 1 is 0.381 bits per heavy atom. The fraction of sp³-hybridized carbons (Fsp3) is 0.676. The first kappa shape index (κ1) is 80.2. The van der Waals surface area contributed by atoms with Gasteiger partial charge in [0.15, 0.2) is 6.10 Å². The minimum atomic E-state index is -4.40. The van der Waals surface area contributed by atoms with Gasteiger partial charge >= 0.3 is 19.8 Å². The lowest BCUT2D eigenvalue weighted by molar-refractivity contribution is -0.870. The van der Waals surface area contributed by atoms with Gasteiger partial charge in [-0.1, -0.05) is 295 Å². The highest BCUT2D eigenvalue weighted by atomic mass is 31.2. The zero-order chi connectivity index (χ0) is 61.2. The van der Waals surface area contributed by atoms with Gasteiger partial charge in [0.05, 0.1) is 27.7 Å². The molecule has 0 amide bonds. The second kappa shape index (κ2) is 63.6. The van der Waals surface area contributed by atoms with Gasteiger partial charge in [-0.15, -0.1) is 0 Å². The van der Waals surface area contributed by atoms with Crippen molar-refractivity contribution < 1.29 is 42.1 Å². The standard InChI is InChI=1S/C74H126NO8P/c1-6-8-10-12-14-16-18-20-22-24-26-27-28-29-30-31-32-33-34-35-36-37-38-39-40-41-42-43-44-45-46-47-49-51-53-55-57-59-61-63-65-67-74(77)83-72(71-82-84(78,79)81-69-68-75(3,4)5)70-80-73(76)66-64-62-60-58-56-54-52-50-48-25-23-21-19-17-15-13-11-9-7-2/h8,10,14,16,20,22,26-27,29-30,32-33,35-36,38-39,41-42,44-45,47,49,72H,6-7,9,11-13,15,17-19,21,23-25,28,31,34,37,40,43,46,48,50-71H2,1-5H3/p+1/b10-8-,16-14-,22-20-,27-26-,30-29-,33-32-,36-35-,39-38-,42-41-,45-44-,49-47-. The normalized spacial score (nSPS) is 14.0. The number of esters is 2. The van der Waals surface area contributed by atoms with Crippen LogP contribution in [0.1, 0.15) is 271 Å². The number of hydrogen-bond donors (Lipinski definition) is 1. The van der Waals surface area contributed by atoms with Crippen LogP contribution in [0.2, 0.25) is 0 Å². The molecule has 0 fully saturated rings. The van der Waals surface area contributed by atoms with E-state index in [-0.39, 0.29) is 32.0 Å². The molecule has 84 heavy (non-hydrogen) atoms. The highest BCUT2D eigenvalue weighted by molar-refractivity contribution is 7.47. The van der Waals surface area contributed by atoms with Crippen molar-refractivity contribution in [1.29, 1.82) is 0 Å². The zero-order valence-corrected chi connectivity index (χ0v) is 55.5. The van der Waals surface area contributed by atoms with Crippen LogP contribution < -0.4 is 0 Å². The molecule has 0 saturated carbocycles. The van der Waals surface area contributed by atoms with Gasteiger partial charge in [-0.05, 0) is 96.3 Å². The molecule has 2 atom stereocenters. The van der Waals surface area contributed by atoms with Gasteiger partial charge in [-0.3, -0.25) is 18.6 Å². The number of ether oxygens (including phenoxy) is 2. The Kier molecular flexibility index (Phi) is 60.7. The lowest BCUT2D eigenvalue weighted by Gasteiger charge is -2.24. The van der Waals surface area contributed by atoms with Gasteiger partial charge in [0, 0.05) is 12.8 Å². The van der Waals surface area contributed by atoms with Crippen molar-refractivity contribution in [2.24, 2.45) is 0 Å². The molecule has 0 aromatic heterocycles. The van der Waals surface area contributed by atoms with E-state index in [2.05, 4.69) is 148 Å². The highest BCUT2D eigenvalue weighted by Gasteiger charge is 2.27. The monoisotopic (exact) mass is 1190 g/mol. The van der Waals surface area contributed by atoms with Gasteiger partial charge in [-0.2, -0.15) is 0 Å². The number of unbranched alkanes of at least 4 members (excludes halogenated alkanes) is 25. The summed E-state index contributed by atoms with van der Waals surface area (Å²) in [6, 6.07) is 0. The fourth-order valence-corrected chi connectivity index (χ4v) is 9.76. The van der Waals surface area contributed by atoms with E-state index in [0.717, 1.165) is 116 Å². The average Bonchev–Trinajstić information content (AvgIpc) is 3.61. The SMILES string of the molecule is CC/C=C\C/C=C\C/C=C\C/C=C\C/C=C\C/C=C\C/C=C\C/C=C\C/C=C\C/C=C\C/C=C\CCCCCCCCCC(=O)OC(COC(=O)CCCCCCCCCCCCCCCCCCCCC)COP(=O)(O)OCC[N+](C)(C)C. The van der Waals surface area contributed by atoms with Crippen LogP contribution >= 0.6 is 7.82 Å². The molecular formula is C74H127NO8P+. The van der Waals surface area contributed by atoms with Crippen LogP contribution in [0, 0.1) is 0 Å². The van der Waals surface area contributed by atoms with E-state index in [0.29, 0.717) is 17.4 Å². The summed E-state index contributed by atoms with van der Waals surface area (Å²) in [5, 5.41) is 0. The summed E-state index contributed by atoms with van der Waals surface area (Å²) in [5.74, 6) is -0.809. The van der Waals surface area contributed by atoms with E-state index >= 15 is 0 Å². The molecule has 0 heterocycles. The number of quaternary nitrogens is 1. The molecule has 10 heteroatoms. The topological polar surface area (TPSA) is 108 Å². The first-order chi connectivity index (χ1) is 41.0. The summed E-state index contributed by atoms with van der Waals surface area (Å²) in [6.45, 7) is 4.32. The van der Waals surface area contributed by atoms with Crippen molar-refractivity contribution in [1.82, 2.24) is 0 Å². The summed E-state index contributed by atoms with van der Waals surface area (Å²) < 4.78 is 34.6. The molecule has 0 radical (unpaired) electrons.